The van der Waals surface area contributed by atoms with Gasteiger partial charge in [-0.2, -0.15) is 0 Å². The van der Waals surface area contributed by atoms with E-state index >= 15 is 0 Å². The lowest BCUT2D eigenvalue weighted by Crippen LogP contribution is -2.34. The largest absolute Gasteiger partial charge is 0.383 e. The third kappa shape index (κ3) is 4.75. The molecule has 2 rings (SSSR count). The van der Waals surface area contributed by atoms with Crippen molar-refractivity contribution in [2.45, 2.75) is 6.54 Å². The summed E-state index contributed by atoms with van der Waals surface area (Å²) in [5.74, 6) is 0.986. The highest BCUT2D eigenvalue weighted by Gasteiger charge is 2.13. The summed E-state index contributed by atoms with van der Waals surface area (Å²) in [7, 11) is 1.51. The molecule has 22 heavy (non-hydrogen) atoms. The molecule has 0 aromatic carbocycles. The molecule has 0 saturated carbocycles. The Morgan fingerprint density at radius 1 is 1.59 bits per heavy atom. The van der Waals surface area contributed by atoms with Crippen molar-refractivity contribution in [1.82, 2.24) is 9.55 Å². The molecule has 0 atom stereocenters. The zero-order chi connectivity index (χ0) is 15.9. The number of amides is 1. The first-order chi connectivity index (χ1) is 10.6. The van der Waals surface area contributed by atoms with E-state index in [0.717, 1.165) is 16.7 Å². The van der Waals surface area contributed by atoms with Crippen LogP contribution in [0.2, 0.25) is 0 Å². The van der Waals surface area contributed by atoms with E-state index in [9.17, 15) is 14.4 Å². The normalized spacial score (nSPS) is 14.0. The van der Waals surface area contributed by atoms with Gasteiger partial charge in [0, 0.05) is 18.9 Å². The molecule has 0 spiro atoms. The summed E-state index contributed by atoms with van der Waals surface area (Å²) in [4.78, 5) is 41.5. The maximum Gasteiger partial charge on any atom is 0.329 e. The number of ether oxygens (including phenoxy) is 1. The van der Waals surface area contributed by atoms with Gasteiger partial charge < -0.3 is 10.1 Å². The minimum Gasteiger partial charge on any atom is -0.383 e. The monoisotopic (exact) mass is 344 g/mol. The predicted octanol–water partition coefficient (Wildman–Crippen LogP) is -0.0425. The number of anilines is 1. The van der Waals surface area contributed by atoms with Crippen LogP contribution in [0, 0.1) is 0 Å². The van der Waals surface area contributed by atoms with Crippen molar-refractivity contribution in [3.8, 4) is 0 Å². The molecule has 0 aliphatic carbocycles. The molecule has 2 heterocycles. The van der Waals surface area contributed by atoms with Gasteiger partial charge in [0.2, 0.25) is 5.91 Å². The number of aromatic nitrogens is 2. The Morgan fingerprint density at radius 3 is 3.09 bits per heavy atom. The topological polar surface area (TPSA) is 106 Å². The van der Waals surface area contributed by atoms with E-state index in [4.69, 9.17) is 4.74 Å². The van der Waals surface area contributed by atoms with Gasteiger partial charge in [-0.15, -0.1) is 0 Å². The van der Waals surface area contributed by atoms with Crippen LogP contribution in [0.25, 0.3) is 0 Å². The average molecular weight is 344 g/mol. The molecule has 0 saturated heterocycles. The molecule has 0 unspecified atom stereocenters. The maximum absolute atomic E-state index is 12.0. The van der Waals surface area contributed by atoms with Gasteiger partial charge in [-0.1, -0.05) is 23.5 Å². The number of hydrogen-bond donors (Lipinski definition) is 2. The number of carbonyl (C=O) groups is 1. The minimum atomic E-state index is -0.580. The van der Waals surface area contributed by atoms with Crippen LogP contribution in [0.5, 0.6) is 0 Å². The van der Waals surface area contributed by atoms with E-state index < -0.39 is 11.2 Å². The SMILES string of the molecule is COCCn1c(NC(=O)CSC2=NCCS2)cc(=O)[nH]c1=O. The molecule has 1 amide bonds. The second-order valence-electron chi connectivity index (χ2n) is 4.30. The van der Waals surface area contributed by atoms with E-state index in [2.05, 4.69) is 15.3 Å². The van der Waals surface area contributed by atoms with Crippen LogP contribution in [0.15, 0.2) is 20.6 Å². The Morgan fingerprint density at radius 2 is 2.41 bits per heavy atom. The Labute approximate surface area is 134 Å². The molecule has 1 aliphatic heterocycles. The number of thioether (sulfide) groups is 2. The second kappa shape index (κ2) is 8.20. The number of nitrogens with one attached hydrogen (secondary N) is 2. The molecule has 0 radical (unpaired) electrons. The summed E-state index contributed by atoms with van der Waals surface area (Å²) in [5, 5.41) is 2.59. The Balaban J connectivity index is 2.05. The summed E-state index contributed by atoms with van der Waals surface area (Å²) in [5.41, 5.74) is -1.14. The van der Waals surface area contributed by atoms with Crippen molar-refractivity contribution in [2.24, 2.45) is 4.99 Å². The molecule has 120 valence electrons. The predicted molar refractivity (Wildman–Crippen MR) is 89.0 cm³/mol. The number of H-pyrrole nitrogens is 1. The second-order valence-corrected chi connectivity index (χ2v) is 6.61. The average Bonchev–Trinajstić information content (AvgIpc) is 2.97. The van der Waals surface area contributed by atoms with Crippen LogP contribution in [0.1, 0.15) is 0 Å². The fraction of sp³-hybridized carbons (Fsp3) is 0.500. The number of methoxy groups -OCH3 is 1. The van der Waals surface area contributed by atoms with Crippen molar-refractivity contribution in [3.63, 3.8) is 0 Å². The van der Waals surface area contributed by atoms with Gasteiger partial charge >= 0.3 is 5.69 Å². The standard InChI is InChI=1S/C12H16N4O4S2/c1-20-4-3-16-8(6-9(17)15-11(16)19)14-10(18)7-22-12-13-2-5-21-12/h6H,2-5,7H2,1H3,(H,14,18)(H,15,17,19). The zero-order valence-corrected chi connectivity index (χ0v) is 13.6. The quantitative estimate of drug-likeness (QED) is 0.750. The minimum absolute atomic E-state index is 0.164. The lowest BCUT2D eigenvalue weighted by Gasteiger charge is -2.12. The first-order valence-corrected chi connectivity index (χ1v) is 8.50. The van der Waals surface area contributed by atoms with E-state index in [-0.39, 0.29) is 30.6 Å². The van der Waals surface area contributed by atoms with Crippen LogP contribution in [-0.2, 0) is 16.1 Å². The maximum atomic E-state index is 12.0. The number of carbonyl (C=O) groups excluding carboxylic acids is 1. The van der Waals surface area contributed by atoms with Gasteiger partial charge in [0.15, 0.2) is 0 Å². The van der Waals surface area contributed by atoms with E-state index in [1.54, 1.807) is 11.8 Å². The molecule has 8 nitrogen and oxygen atoms in total. The molecule has 10 heteroatoms. The zero-order valence-electron chi connectivity index (χ0n) is 12.0. The fourth-order valence-electron chi connectivity index (χ4n) is 1.74. The Kier molecular flexibility index (Phi) is 6.28. The van der Waals surface area contributed by atoms with Crippen molar-refractivity contribution < 1.29 is 9.53 Å². The van der Waals surface area contributed by atoms with Gasteiger partial charge in [0.25, 0.3) is 5.56 Å². The number of hydrogen-bond acceptors (Lipinski definition) is 7. The molecule has 1 aromatic rings. The first kappa shape index (κ1) is 16.8. The molecule has 1 aromatic heterocycles. The molecular formula is C12H16N4O4S2. The van der Waals surface area contributed by atoms with Gasteiger partial charge in [-0.25, -0.2) is 4.79 Å². The summed E-state index contributed by atoms with van der Waals surface area (Å²) < 4.78 is 7.07. The Bertz CT molecular complexity index is 682. The van der Waals surface area contributed by atoms with E-state index in [0.29, 0.717) is 0 Å². The van der Waals surface area contributed by atoms with Crippen LogP contribution < -0.4 is 16.6 Å². The summed E-state index contributed by atoms with van der Waals surface area (Å²) in [6.45, 7) is 1.30. The highest BCUT2D eigenvalue weighted by molar-refractivity contribution is 8.39. The number of aromatic amines is 1. The smallest absolute Gasteiger partial charge is 0.329 e. The number of rotatable bonds is 6. The highest BCUT2D eigenvalue weighted by atomic mass is 32.2. The number of aliphatic imine (C=N–C) groups is 1. The molecule has 2 N–H and O–H groups in total. The molecule has 0 fully saturated rings. The van der Waals surface area contributed by atoms with Gasteiger partial charge in [-0.05, 0) is 0 Å². The Hall–Kier alpha value is -1.52. The van der Waals surface area contributed by atoms with Crippen molar-refractivity contribution in [2.75, 3.05) is 37.1 Å². The summed E-state index contributed by atoms with van der Waals surface area (Å²) in [6.07, 6.45) is 0. The van der Waals surface area contributed by atoms with E-state index in [1.165, 1.54) is 29.5 Å². The lowest BCUT2D eigenvalue weighted by molar-refractivity contribution is -0.113. The van der Waals surface area contributed by atoms with Crippen molar-refractivity contribution in [1.29, 1.82) is 0 Å². The first-order valence-electron chi connectivity index (χ1n) is 6.53. The fourth-order valence-corrected chi connectivity index (χ4v) is 3.55. The summed E-state index contributed by atoms with van der Waals surface area (Å²) in [6, 6.07) is 1.18. The van der Waals surface area contributed by atoms with Crippen LogP contribution in [0.4, 0.5) is 5.82 Å². The van der Waals surface area contributed by atoms with Gasteiger partial charge in [0.05, 0.1) is 25.4 Å². The van der Waals surface area contributed by atoms with Crippen LogP contribution >= 0.6 is 23.5 Å². The van der Waals surface area contributed by atoms with Crippen molar-refractivity contribution in [3.05, 3.63) is 26.9 Å². The van der Waals surface area contributed by atoms with Crippen LogP contribution in [0.3, 0.4) is 0 Å². The van der Waals surface area contributed by atoms with Gasteiger partial charge in [0.1, 0.15) is 10.2 Å². The third-order valence-corrected chi connectivity index (χ3v) is 4.96. The number of nitrogens with zero attached hydrogens (tertiary/aromatic N) is 2. The lowest BCUT2D eigenvalue weighted by atomic mass is 10.5. The van der Waals surface area contributed by atoms with Crippen LogP contribution in [-0.4, -0.2) is 51.6 Å². The highest BCUT2D eigenvalue weighted by Crippen LogP contribution is 2.21. The molecular weight excluding hydrogens is 328 g/mol. The summed E-state index contributed by atoms with van der Waals surface area (Å²) >= 11 is 2.96. The van der Waals surface area contributed by atoms with E-state index in [1.807, 2.05) is 0 Å². The van der Waals surface area contributed by atoms with Crippen molar-refractivity contribution >= 4 is 39.6 Å². The third-order valence-electron chi connectivity index (χ3n) is 2.70. The van der Waals surface area contributed by atoms with Gasteiger partial charge in [-0.3, -0.25) is 24.1 Å². The molecule has 1 aliphatic rings. The molecule has 0 bridgehead atoms.